The van der Waals surface area contributed by atoms with E-state index in [1.54, 1.807) is 0 Å². The maximum Gasteiger partial charge on any atom is 0.403 e. The summed E-state index contributed by atoms with van der Waals surface area (Å²) in [5.74, 6) is -55.4. The molecule has 0 saturated carbocycles. The second-order valence-electron chi connectivity index (χ2n) is 5.62. The molecule has 1 atom stereocenters. The standard InChI is InChI=1S/C11H6F17IO/c1-2-3(12,13)4(14,15)5(16,17)6(18,19)7(20,21)8(22,23)9(24,25)10(26,29)11(27,28)30/h30H,2H2,1H3. The van der Waals surface area contributed by atoms with Gasteiger partial charge in [0.15, 0.2) is 0 Å². The molecule has 0 radical (unpaired) electrons. The molecule has 0 heterocycles. The number of alkyl halides is 18. The van der Waals surface area contributed by atoms with Crippen LogP contribution in [0.15, 0.2) is 0 Å². The first-order valence-corrected chi connectivity index (χ1v) is 7.76. The summed E-state index contributed by atoms with van der Waals surface area (Å²) in [6.07, 6.45) is -9.19. The van der Waals surface area contributed by atoms with Gasteiger partial charge in [-0.1, -0.05) is 6.92 Å². The van der Waals surface area contributed by atoms with Crippen molar-refractivity contribution in [2.45, 2.75) is 64.6 Å². The fourth-order valence-corrected chi connectivity index (χ4v) is 1.97. The maximum absolute atomic E-state index is 13.4. The first kappa shape index (κ1) is 29.5. The van der Waals surface area contributed by atoms with Crippen molar-refractivity contribution in [3.8, 4) is 0 Å². The van der Waals surface area contributed by atoms with Gasteiger partial charge in [0.25, 0.3) is 0 Å². The van der Waals surface area contributed by atoms with Gasteiger partial charge in [0.05, 0.1) is 0 Å². The Morgan fingerprint density at radius 1 is 0.500 bits per heavy atom. The Hall–Kier alpha value is -0.500. The van der Waals surface area contributed by atoms with Crippen LogP contribution in [0.3, 0.4) is 0 Å². The lowest BCUT2D eigenvalue weighted by molar-refractivity contribution is -0.452. The molecule has 0 spiro atoms. The van der Waals surface area contributed by atoms with Crippen LogP contribution in [-0.4, -0.2) is 56.3 Å². The zero-order valence-electron chi connectivity index (χ0n) is 13.5. The number of aliphatic hydroxyl groups is 1. The van der Waals surface area contributed by atoms with Gasteiger partial charge in [-0.2, -0.15) is 70.2 Å². The lowest BCUT2D eigenvalue weighted by atomic mass is 9.87. The maximum atomic E-state index is 13.4. The van der Waals surface area contributed by atoms with Crippen molar-refractivity contribution in [2.75, 3.05) is 0 Å². The highest BCUT2D eigenvalue weighted by atomic mass is 127. The Balaban J connectivity index is 6.85. The van der Waals surface area contributed by atoms with Gasteiger partial charge in [0.1, 0.15) is 0 Å². The second kappa shape index (κ2) is 7.26. The van der Waals surface area contributed by atoms with Crippen LogP contribution < -0.4 is 0 Å². The average molecular weight is 604 g/mol. The van der Waals surface area contributed by atoms with E-state index in [2.05, 4.69) is 0 Å². The van der Waals surface area contributed by atoms with Crippen LogP contribution in [0.5, 0.6) is 0 Å². The van der Waals surface area contributed by atoms with Crippen LogP contribution in [0.2, 0.25) is 0 Å². The minimum absolute atomic E-state index is 0.0695. The van der Waals surface area contributed by atoms with Crippen molar-refractivity contribution >= 4 is 22.6 Å². The summed E-state index contributed by atoms with van der Waals surface area (Å²) in [6, 6.07) is 0. The zero-order chi connectivity index (χ0) is 25.2. The topological polar surface area (TPSA) is 20.2 Å². The Morgan fingerprint density at radius 2 is 0.733 bits per heavy atom. The first-order valence-electron chi connectivity index (χ1n) is 6.69. The van der Waals surface area contributed by atoms with Crippen molar-refractivity contribution in [1.29, 1.82) is 0 Å². The summed E-state index contributed by atoms with van der Waals surface area (Å²) in [5, 5.41) is 7.81. The third-order valence-electron chi connectivity index (χ3n) is 3.65. The smallest absolute Gasteiger partial charge is 0.333 e. The largest absolute Gasteiger partial charge is 0.403 e. The third-order valence-corrected chi connectivity index (χ3v) is 4.97. The zero-order valence-corrected chi connectivity index (χ0v) is 15.6. The molecule has 0 amide bonds. The quantitative estimate of drug-likeness (QED) is 0.181. The Bertz CT molecular complexity index is 634. The van der Waals surface area contributed by atoms with E-state index in [1.165, 1.54) is 0 Å². The molecule has 1 N–H and O–H groups in total. The molecule has 0 fully saturated rings. The van der Waals surface area contributed by atoms with Crippen LogP contribution in [0.1, 0.15) is 13.3 Å². The predicted molar refractivity (Wildman–Crippen MR) is 69.9 cm³/mol. The fourth-order valence-electron chi connectivity index (χ4n) is 1.63. The summed E-state index contributed by atoms with van der Waals surface area (Å²) < 4.78 is 217. The van der Waals surface area contributed by atoms with Crippen molar-refractivity contribution in [3.05, 3.63) is 0 Å². The van der Waals surface area contributed by atoms with E-state index in [9.17, 15) is 74.6 Å². The molecule has 182 valence electrons. The molecule has 0 saturated heterocycles. The Labute approximate surface area is 167 Å². The number of hydrogen-bond acceptors (Lipinski definition) is 1. The highest BCUT2D eigenvalue weighted by molar-refractivity contribution is 14.1. The summed E-state index contributed by atoms with van der Waals surface area (Å²) in [6.45, 7) is -0.0695. The van der Waals surface area contributed by atoms with E-state index in [4.69, 9.17) is 5.11 Å². The van der Waals surface area contributed by atoms with Gasteiger partial charge >= 0.3 is 51.2 Å². The Kier molecular flexibility index (Phi) is 7.14. The monoisotopic (exact) mass is 604 g/mol. The lowest BCUT2D eigenvalue weighted by Crippen LogP contribution is -2.75. The highest BCUT2D eigenvalue weighted by Crippen LogP contribution is 2.65. The predicted octanol–water partition coefficient (Wildman–Crippen LogP) is 6.53. The number of hydrogen-bond donors (Lipinski definition) is 1. The molecule has 0 aromatic rings. The summed E-state index contributed by atoms with van der Waals surface area (Å²) in [7, 11) is 0. The van der Waals surface area contributed by atoms with Gasteiger partial charge in [-0.15, -0.1) is 0 Å². The second-order valence-corrected chi connectivity index (χ2v) is 7.11. The molecular weight excluding hydrogens is 598 g/mol. The summed E-state index contributed by atoms with van der Waals surface area (Å²) in [5.41, 5.74) is 0. The molecule has 1 unspecified atom stereocenters. The van der Waals surface area contributed by atoms with Gasteiger partial charge in [-0.3, -0.25) is 0 Å². The lowest BCUT2D eigenvalue weighted by Gasteiger charge is -2.44. The molecule has 19 heteroatoms. The molecular formula is C11H6F17IO. The molecule has 0 aliphatic rings. The molecule has 1 nitrogen and oxygen atoms in total. The van der Waals surface area contributed by atoms with Gasteiger partial charge in [-0.05, 0) is 22.6 Å². The SMILES string of the molecule is CCC(F)(F)C(F)(F)C(F)(F)C(F)(F)C(F)(F)C(F)(F)C(F)(F)C(F)(I)C(O)(F)F. The summed E-state index contributed by atoms with van der Waals surface area (Å²) >= 11 is -1.16. The summed E-state index contributed by atoms with van der Waals surface area (Å²) in [4.78, 5) is 0. The van der Waals surface area contributed by atoms with Gasteiger partial charge in [0.2, 0.25) is 0 Å². The van der Waals surface area contributed by atoms with Crippen molar-refractivity contribution in [3.63, 3.8) is 0 Å². The minimum atomic E-state index is -8.56. The molecule has 0 aliphatic carbocycles. The minimum Gasteiger partial charge on any atom is -0.333 e. The van der Waals surface area contributed by atoms with Gasteiger partial charge in [0, 0.05) is 6.42 Å². The fraction of sp³-hybridized carbons (Fsp3) is 1.00. The molecule has 0 aromatic heterocycles. The van der Waals surface area contributed by atoms with E-state index < -0.39 is 80.3 Å². The van der Waals surface area contributed by atoms with Gasteiger partial charge < -0.3 is 5.11 Å². The molecule has 0 rings (SSSR count). The molecule has 0 aromatic carbocycles. The van der Waals surface area contributed by atoms with Crippen LogP contribution in [-0.2, 0) is 0 Å². The van der Waals surface area contributed by atoms with E-state index in [0.717, 1.165) is 0 Å². The van der Waals surface area contributed by atoms with E-state index >= 15 is 0 Å². The van der Waals surface area contributed by atoms with Crippen LogP contribution in [0.25, 0.3) is 0 Å². The number of rotatable bonds is 9. The van der Waals surface area contributed by atoms with E-state index in [-0.39, 0.29) is 6.92 Å². The van der Waals surface area contributed by atoms with E-state index in [0.29, 0.717) is 0 Å². The molecule has 30 heavy (non-hydrogen) atoms. The van der Waals surface area contributed by atoms with Crippen LogP contribution >= 0.6 is 22.6 Å². The van der Waals surface area contributed by atoms with Crippen LogP contribution in [0.4, 0.5) is 74.6 Å². The number of halogens is 18. The normalized spacial score (nSPS) is 18.4. The van der Waals surface area contributed by atoms with Crippen molar-refractivity contribution < 1.29 is 79.7 Å². The average Bonchev–Trinajstić information content (AvgIpc) is 2.52. The van der Waals surface area contributed by atoms with Gasteiger partial charge in [-0.25, -0.2) is 4.39 Å². The van der Waals surface area contributed by atoms with Crippen LogP contribution in [0, 0.1) is 0 Å². The van der Waals surface area contributed by atoms with Crippen molar-refractivity contribution in [2.24, 2.45) is 0 Å². The van der Waals surface area contributed by atoms with E-state index in [1.807, 2.05) is 0 Å². The molecule has 0 bridgehead atoms. The highest BCUT2D eigenvalue weighted by Gasteiger charge is 2.95. The van der Waals surface area contributed by atoms with Crippen molar-refractivity contribution in [1.82, 2.24) is 0 Å². The third kappa shape index (κ3) is 3.48. The first-order chi connectivity index (χ1) is 12.6. The Morgan fingerprint density at radius 3 is 0.967 bits per heavy atom. The molecule has 0 aliphatic heterocycles.